The number of benzene rings is 1. The smallest absolute Gasteiger partial charge is 0.277 e. The Morgan fingerprint density at radius 2 is 2.18 bits per heavy atom. The average Bonchev–Trinajstić information content (AvgIpc) is 2.77. The molecule has 0 radical (unpaired) electrons. The van der Waals surface area contributed by atoms with Gasteiger partial charge in [-0.15, -0.1) is 16.8 Å². The van der Waals surface area contributed by atoms with E-state index in [2.05, 4.69) is 10.0 Å². The van der Waals surface area contributed by atoms with Crippen LogP contribution in [0.1, 0.15) is 19.8 Å². The molecule has 0 aromatic heterocycles. The quantitative estimate of drug-likeness (QED) is 0.269. The fourth-order valence-electron chi connectivity index (χ4n) is 1.74. The van der Waals surface area contributed by atoms with Crippen LogP contribution in [0.3, 0.4) is 0 Å². The molecule has 2 amide bonds. The normalized spacial score (nSPS) is 17.3. The lowest BCUT2D eigenvalue weighted by Gasteiger charge is -2.14. The molecule has 9 heteroatoms. The summed E-state index contributed by atoms with van der Waals surface area (Å²) in [6.07, 6.45) is 0.513. The first-order valence-electron chi connectivity index (χ1n) is 6.44. The summed E-state index contributed by atoms with van der Waals surface area (Å²) in [5.74, 6) is -0.811. The Bertz CT molecular complexity index is 656. The Morgan fingerprint density at radius 1 is 1.50 bits per heavy atom. The van der Waals surface area contributed by atoms with Crippen molar-refractivity contribution in [2.75, 3.05) is 0 Å². The first kappa shape index (κ1) is 16.3. The standard InChI is InChI=1S/C13H12N4O3S2/c1-2-12(21)20-17-11(18)7-10(13(17)19)22-9-5-3-8(4-6-9)15-16-14/h3-6,10H,2,7H2,1H3. The number of amides is 2. The van der Waals surface area contributed by atoms with Gasteiger partial charge in [-0.25, -0.2) is 0 Å². The van der Waals surface area contributed by atoms with E-state index < -0.39 is 17.1 Å². The Balaban J connectivity index is 2.04. The molecule has 0 spiro atoms. The molecule has 2 rings (SSSR count). The summed E-state index contributed by atoms with van der Waals surface area (Å²) in [6.45, 7) is 1.78. The van der Waals surface area contributed by atoms with E-state index in [1.54, 1.807) is 31.2 Å². The molecule has 0 saturated carbocycles. The van der Waals surface area contributed by atoms with E-state index in [1.807, 2.05) is 0 Å². The molecule has 114 valence electrons. The predicted molar refractivity (Wildman–Crippen MR) is 85.3 cm³/mol. The summed E-state index contributed by atoms with van der Waals surface area (Å²) in [7, 11) is 0. The average molecular weight is 336 g/mol. The van der Waals surface area contributed by atoms with Crippen LogP contribution in [0.4, 0.5) is 5.69 Å². The third-order valence-corrected chi connectivity index (χ3v) is 4.38. The second-order valence-electron chi connectivity index (χ2n) is 4.34. The fourth-order valence-corrected chi connectivity index (χ4v) is 2.86. The zero-order valence-electron chi connectivity index (χ0n) is 11.6. The highest BCUT2D eigenvalue weighted by Gasteiger charge is 2.41. The lowest BCUT2D eigenvalue weighted by molar-refractivity contribution is -0.166. The minimum absolute atomic E-state index is 0.0634. The van der Waals surface area contributed by atoms with E-state index in [1.165, 1.54) is 11.8 Å². The van der Waals surface area contributed by atoms with E-state index in [0.29, 0.717) is 12.1 Å². The third kappa shape index (κ3) is 3.76. The topological polar surface area (TPSA) is 95.4 Å². The molecule has 1 unspecified atom stereocenters. The van der Waals surface area contributed by atoms with Crippen LogP contribution in [-0.2, 0) is 14.4 Å². The zero-order valence-corrected chi connectivity index (χ0v) is 13.3. The SMILES string of the molecule is CCC(=S)ON1C(=O)CC(Sc2ccc(N=[N+]=[N-])cc2)C1=O. The Hall–Kier alpha value is -2.09. The maximum absolute atomic E-state index is 12.2. The maximum atomic E-state index is 12.2. The second kappa shape index (κ2) is 7.26. The Labute approximate surface area is 136 Å². The van der Waals surface area contributed by atoms with Crippen molar-refractivity contribution in [2.45, 2.75) is 29.9 Å². The molecule has 1 aromatic rings. The predicted octanol–water partition coefficient (Wildman–Crippen LogP) is 3.52. The van der Waals surface area contributed by atoms with E-state index in [-0.39, 0.29) is 11.5 Å². The van der Waals surface area contributed by atoms with E-state index in [9.17, 15) is 9.59 Å². The van der Waals surface area contributed by atoms with Gasteiger partial charge in [0.2, 0.25) is 0 Å². The van der Waals surface area contributed by atoms with E-state index >= 15 is 0 Å². The number of carbonyl (C=O) groups excluding carboxylic acids is 2. The van der Waals surface area contributed by atoms with Gasteiger partial charge in [0, 0.05) is 21.9 Å². The minimum Gasteiger partial charge on any atom is -0.362 e. The monoisotopic (exact) mass is 336 g/mol. The minimum atomic E-state index is -0.544. The highest BCUT2D eigenvalue weighted by Crippen LogP contribution is 2.32. The lowest BCUT2D eigenvalue weighted by Crippen LogP contribution is -2.33. The second-order valence-corrected chi connectivity index (χ2v) is 6.07. The van der Waals surface area contributed by atoms with Crippen LogP contribution in [0.2, 0.25) is 0 Å². The largest absolute Gasteiger partial charge is 0.362 e. The number of rotatable bonds is 5. The summed E-state index contributed by atoms with van der Waals surface area (Å²) in [5.41, 5.74) is 8.83. The van der Waals surface area contributed by atoms with Crippen LogP contribution in [0.15, 0.2) is 34.3 Å². The first-order chi connectivity index (χ1) is 10.5. The summed E-state index contributed by atoms with van der Waals surface area (Å²) in [4.78, 5) is 32.6. The van der Waals surface area contributed by atoms with Gasteiger partial charge >= 0.3 is 0 Å². The molecule has 7 nitrogen and oxygen atoms in total. The summed E-state index contributed by atoms with van der Waals surface area (Å²) in [6, 6.07) is 6.74. The number of hydroxylamine groups is 2. The van der Waals surface area contributed by atoms with Crippen molar-refractivity contribution in [1.29, 1.82) is 0 Å². The number of azide groups is 1. The van der Waals surface area contributed by atoms with E-state index in [0.717, 1.165) is 9.96 Å². The van der Waals surface area contributed by atoms with Gasteiger partial charge in [0.05, 0.1) is 6.42 Å². The molecule has 1 saturated heterocycles. The van der Waals surface area contributed by atoms with Crippen molar-refractivity contribution in [1.82, 2.24) is 5.06 Å². The molecule has 0 N–H and O–H groups in total. The number of thioether (sulfide) groups is 1. The molecule has 1 aromatic carbocycles. The molecule has 1 heterocycles. The highest BCUT2D eigenvalue weighted by atomic mass is 32.2. The van der Waals surface area contributed by atoms with Crippen LogP contribution in [-0.4, -0.2) is 27.2 Å². The number of hydrogen-bond donors (Lipinski definition) is 0. The van der Waals surface area contributed by atoms with Gasteiger partial charge in [0.25, 0.3) is 11.8 Å². The molecule has 1 aliphatic rings. The summed E-state index contributed by atoms with van der Waals surface area (Å²) >= 11 is 6.15. The Kier molecular flexibility index (Phi) is 5.37. The number of imide groups is 1. The Morgan fingerprint density at radius 3 is 2.77 bits per heavy atom. The number of nitrogens with zero attached hydrogens (tertiary/aromatic N) is 4. The lowest BCUT2D eigenvalue weighted by atomic mass is 10.3. The van der Waals surface area contributed by atoms with Crippen molar-refractivity contribution in [3.05, 3.63) is 34.7 Å². The van der Waals surface area contributed by atoms with Crippen molar-refractivity contribution in [3.8, 4) is 0 Å². The van der Waals surface area contributed by atoms with Crippen molar-refractivity contribution >= 4 is 46.5 Å². The van der Waals surface area contributed by atoms with Crippen LogP contribution in [0.5, 0.6) is 0 Å². The van der Waals surface area contributed by atoms with Gasteiger partial charge in [0.15, 0.2) is 5.05 Å². The number of carbonyl (C=O) groups is 2. The summed E-state index contributed by atoms with van der Waals surface area (Å²) < 4.78 is 0. The first-order valence-corrected chi connectivity index (χ1v) is 7.73. The van der Waals surface area contributed by atoms with E-state index in [4.69, 9.17) is 22.6 Å². The molecule has 1 fully saturated rings. The molecule has 22 heavy (non-hydrogen) atoms. The van der Waals surface area contributed by atoms with Crippen LogP contribution >= 0.6 is 24.0 Å². The van der Waals surface area contributed by atoms with Gasteiger partial charge in [-0.3, -0.25) is 9.59 Å². The van der Waals surface area contributed by atoms with Gasteiger partial charge in [-0.05, 0) is 29.9 Å². The van der Waals surface area contributed by atoms with Crippen molar-refractivity contribution < 1.29 is 14.4 Å². The fraction of sp³-hybridized carbons (Fsp3) is 0.308. The molecular weight excluding hydrogens is 324 g/mol. The van der Waals surface area contributed by atoms with Crippen molar-refractivity contribution in [2.24, 2.45) is 5.11 Å². The zero-order chi connectivity index (χ0) is 16.1. The van der Waals surface area contributed by atoms with Crippen molar-refractivity contribution in [3.63, 3.8) is 0 Å². The molecule has 0 aliphatic carbocycles. The molecule has 1 atom stereocenters. The highest BCUT2D eigenvalue weighted by molar-refractivity contribution is 8.00. The van der Waals surface area contributed by atoms with Gasteiger partial charge in [0.1, 0.15) is 5.25 Å². The van der Waals surface area contributed by atoms with Gasteiger partial charge in [-0.1, -0.05) is 24.2 Å². The third-order valence-electron chi connectivity index (χ3n) is 2.82. The van der Waals surface area contributed by atoms with Crippen LogP contribution in [0.25, 0.3) is 10.4 Å². The number of thiocarbonyl (C=S) groups is 1. The van der Waals surface area contributed by atoms with Gasteiger partial charge in [-0.2, -0.15) is 0 Å². The molecule has 1 aliphatic heterocycles. The van der Waals surface area contributed by atoms with Gasteiger partial charge < -0.3 is 4.84 Å². The number of hydrogen-bond acceptors (Lipinski definition) is 6. The molecule has 0 bridgehead atoms. The molecular formula is C13H12N4O3S2. The van der Waals surface area contributed by atoms with Crippen LogP contribution < -0.4 is 0 Å². The van der Waals surface area contributed by atoms with Crippen LogP contribution in [0, 0.1) is 0 Å². The summed E-state index contributed by atoms with van der Waals surface area (Å²) in [5, 5.41) is 3.87. The maximum Gasteiger partial charge on any atom is 0.277 e.